The van der Waals surface area contributed by atoms with E-state index < -0.39 is 16.5 Å². The summed E-state index contributed by atoms with van der Waals surface area (Å²) in [5, 5.41) is 0. The molecule has 0 unspecified atom stereocenters. The SMILES string of the molecule is C[Si](C)(C)[N-][Si](C)(C)CC1C=CC=C1.[Cl-].[Cl-].[Zr+3]. The number of hydrogen-bond donors (Lipinski definition) is 0. The average molecular weight is 387 g/mol. The van der Waals surface area contributed by atoms with E-state index in [0.717, 1.165) is 0 Å². The van der Waals surface area contributed by atoms with Gasteiger partial charge >= 0.3 is 26.2 Å². The molecule has 0 aliphatic heterocycles. The van der Waals surface area contributed by atoms with Crippen LogP contribution in [0.5, 0.6) is 0 Å². The maximum atomic E-state index is 5.11. The van der Waals surface area contributed by atoms with Gasteiger partial charge in [-0.3, -0.25) is 0 Å². The van der Waals surface area contributed by atoms with Gasteiger partial charge in [-0.1, -0.05) is 79.6 Å². The van der Waals surface area contributed by atoms with Crippen LogP contribution >= 0.6 is 0 Å². The van der Waals surface area contributed by atoms with E-state index in [1.807, 2.05) is 0 Å². The first kappa shape index (κ1) is 23.4. The molecule has 0 spiro atoms. The molecular formula is C11H22Cl2NSi2Zr. The standard InChI is InChI=1S/C11H22NSi2.2ClH.Zr/c1-13(2,3)12-14(4,5)10-11-8-6-7-9-11;;;/h6-9,11H,10H2,1-5H3;2*1H;/q-1;;;+3/p-2. The summed E-state index contributed by atoms with van der Waals surface area (Å²) in [6, 6.07) is 1.28. The molecule has 1 rings (SSSR count). The van der Waals surface area contributed by atoms with Crippen molar-refractivity contribution in [3.8, 4) is 0 Å². The molecule has 1 aliphatic rings. The summed E-state index contributed by atoms with van der Waals surface area (Å²) in [4.78, 5) is 0. The number of rotatable bonds is 4. The Hall–Kier alpha value is 1.34. The Morgan fingerprint density at radius 1 is 0.941 bits per heavy atom. The fourth-order valence-corrected chi connectivity index (χ4v) is 11.2. The molecule has 0 aromatic heterocycles. The fraction of sp³-hybridized carbons (Fsp3) is 0.636. The zero-order chi connectivity index (χ0) is 10.8. The monoisotopic (exact) mass is 384 g/mol. The molecule has 0 aromatic rings. The fourth-order valence-electron chi connectivity index (χ4n) is 2.14. The van der Waals surface area contributed by atoms with Crippen LogP contribution in [-0.2, 0) is 26.2 Å². The summed E-state index contributed by atoms with van der Waals surface area (Å²) < 4.78 is 5.11. The molecule has 6 heteroatoms. The second-order valence-corrected chi connectivity index (χ2v) is 15.0. The zero-order valence-electron chi connectivity index (χ0n) is 11.3. The second-order valence-electron chi connectivity index (χ2n) is 5.73. The molecule has 0 saturated heterocycles. The maximum absolute atomic E-state index is 5.11. The average Bonchev–Trinajstić information content (AvgIpc) is 2.31. The van der Waals surface area contributed by atoms with Crippen LogP contribution in [0.25, 0.3) is 4.65 Å². The smallest absolute Gasteiger partial charge is 1.00 e. The van der Waals surface area contributed by atoms with Crippen molar-refractivity contribution in [2.24, 2.45) is 5.92 Å². The van der Waals surface area contributed by atoms with E-state index in [4.69, 9.17) is 4.65 Å². The van der Waals surface area contributed by atoms with Gasteiger partial charge in [0.2, 0.25) is 0 Å². The summed E-state index contributed by atoms with van der Waals surface area (Å²) in [6.07, 6.45) is 8.91. The van der Waals surface area contributed by atoms with Crippen molar-refractivity contribution >= 4 is 16.5 Å². The largest absolute Gasteiger partial charge is 3.00 e. The van der Waals surface area contributed by atoms with Gasteiger partial charge in [0.1, 0.15) is 0 Å². The number of hydrogen-bond acceptors (Lipinski definition) is 0. The van der Waals surface area contributed by atoms with Crippen LogP contribution in [0, 0.1) is 5.92 Å². The molecule has 97 valence electrons. The van der Waals surface area contributed by atoms with E-state index in [9.17, 15) is 0 Å². The van der Waals surface area contributed by atoms with Crippen LogP contribution in [0.2, 0.25) is 38.8 Å². The quantitative estimate of drug-likeness (QED) is 0.504. The van der Waals surface area contributed by atoms with Crippen LogP contribution in [0.3, 0.4) is 0 Å². The molecule has 1 nitrogen and oxygen atoms in total. The molecule has 1 aliphatic carbocycles. The topological polar surface area (TPSA) is 14.1 Å². The van der Waals surface area contributed by atoms with Gasteiger partial charge in [0, 0.05) is 0 Å². The van der Waals surface area contributed by atoms with Gasteiger partial charge in [0.15, 0.2) is 0 Å². The first-order chi connectivity index (χ1) is 6.29. The zero-order valence-corrected chi connectivity index (χ0v) is 17.3. The van der Waals surface area contributed by atoms with E-state index in [1.54, 1.807) is 0 Å². The Bertz CT molecular complexity index is 251. The molecule has 17 heavy (non-hydrogen) atoms. The Labute approximate surface area is 140 Å². The molecule has 0 fully saturated rings. The van der Waals surface area contributed by atoms with Crippen molar-refractivity contribution < 1.29 is 51.0 Å². The first-order valence-corrected chi connectivity index (χ1v) is 12.0. The normalized spacial score (nSPS) is 14.9. The van der Waals surface area contributed by atoms with Gasteiger partial charge < -0.3 is 29.5 Å². The van der Waals surface area contributed by atoms with Crippen molar-refractivity contribution in [3.63, 3.8) is 0 Å². The molecule has 0 aromatic carbocycles. The molecule has 0 heterocycles. The second kappa shape index (κ2) is 9.27. The molecular weight excluding hydrogens is 364 g/mol. The van der Waals surface area contributed by atoms with Crippen LogP contribution in [0.1, 0.15) is 0 Å². The molecule has 0 saturated carbocycles. The van der Waals surface area contributed by atoms with Crippen LogP contribution < -0.4 is 24.8 Å². The molecule has 0 bridgehead atoms. The van der Waals surface area contributed by atoms with E-state index in [-0.39, 0.29) is 51.0 Å². The Kier molecular flexibility index (Phi) is 12.8. The van der Waals surface area contributed by atoms with E-state index in [1.165, 1.54) is 6.04 Å². The van der Waals surface area contributed by atoms with Crippen LogP contribution in [-0.4, -0.2) is 16.5 Å². The predicted octanol–water partition coefficient (Wildman–Crippen LogP) is -1.85. The maximum Gasteiger partial charge on any atom is 3.00 e. The third-order valence-electron chi connectivity index (χ3n) is 2.20. The van der Waals surface area contributed by atoms with Crippen molar-refractivity contribution in [1.29, 1.82) is 0 Å². The Morgan fingerprint density at radius 3 is 1.71 bits per heavy atom. The van der Waals surface area contributed by atoms with Crippen molar-refractivity contribution in [3.05, 3.63) is 29.0 Å². The van der Waals surface area contributed by atoms with Crippen molar-refractivity contribution in [1.82, 2.24) is 0 Å². The summed E-state index contributed by atoms with van der Waals surface area (Å²) in [6.45, 7) is 11.8. The van der Waals surface area contributed by atoms with Gasteiger partial charge in [0.25, 0.3) is 0 Å². The number of halogens is 2. The van der Waals surface area contributed by atoms with Gasteiger partial charge in [-0.05, 0) is 5.92 Å². The van der Waals surface area contributed by atoms with E-state index in [0.29, 0.717) is 5.92 Å². The Morgan fingerprint density at radius 2 is 1.35 bits per heavy atom. The predicted molar refractivity (Wildman–Crippen MR) is 70.8 cm³/mol. The summed E-state index contributed by atoms with van der Waals surface area (Å²) in [5.74, 6) is 0.664. The van der Waals surface area contributed by atoms with Gasteiger partial charge in [-0.25, -0.2) is 0 Å². The van der Waals surface area contributed by atoms with Gasteiger partial charge in [0.05, 0.1) is 0 Å². The summed E-state index contributed by atoms with van der Waals surface area (Å²) in [7, 11) is -2.55. The minimum atomic E-state index is -1.32. The van der Waals surface area contributed by atoms with Gasteiger partial charge in [-0.15, -0.1) is 0 Å². The van der Waals surface area contributed by atoms with Crippen molar-refractivity contribution in [2.45, 2.75) is 38.8 Å². The molecule has 1 radical (unpaired) electrons. The van der Waals surface area contributed by atoms with E-state index >= 15 is 0 Å². The molecule has 0 amide bonds. The van der Waals surface area contributed by atoms with E-state index in [2.05, 4.69) is 57.0 Å². The minimum Gasteiger partial charge on any atom is -1.00 e. The van der Waals surface area contributed by atoms with Gasteiger partial charge in [-0.2, -0.15) is 0 Å². The van der Waals surface area contributed by atoms with Crippen LogP contribution in [0.4, 0.5) is 0 Å². The molecule has 0 N–H and O–H groups in total. The summed E-state index contributed by atoms with van der Waals surface area (Å²) >= 11 is 0. The third-order valence-corrected chi connectivity index (χ3v) is 8.78. The van der Waals surface area contributed by atoms with Crippen LogP contribution in [0.15, 0.2) is 24.3 Å². The third kappa shape index (κ3) is 10.9. The minimum absolute atomic E-state index is 0. The van der Waals surface area contributed by atoms with Crippen molar-refractivity contribution in [2.75, 3.05) is 0 Å². The first-order valence-electron chi connectivity index (χ1n) is 5.38. The molecule has 0 atom stereocenters. The number of nitrogens with zero attached hydrogens (tertiary/aromatic N) is 1. The number of allylic oxidation sites excluding steroid dienone is 4. The Balaban J connectivity index is -0.000000653. The summed E-state index contributed by atoms with van der Waals surface area (Å²) in [5.41, 5.74) is 0.